The quantitative estimate of drug-likeness (QED) is 0.935. The van der Waals surface area contributed by atoms with Gasteiger partial charge in [0.05, 0.1) is 6.04 Å². The average Bonchev–Trinajstić information content (AvgIpc) is 2.38. The lowest BCUT2D eigenvalue weighted by Crippen LogP contribution is -2.18. The largest absolute Gasteiger partial charge is 0.492 e. The van der Waals surface area contributed by atoms with Gasteiger partial charge in [-0.1, -0.05) is 28.1 Å². The fourth-order valence-electron chi connectivity index (χ4n) is 1.52. The van der Waals surface area contributed by atoms with Crippen LogP contribution < -0.4 is 10.5 Å². The zero-order valence-electron chi connectivity index (χ0n) is 9.64. The summed E-state index contributed by atoms with van der Waals surface area (Å²) in [6.45, 7) is 0.354. The highest BCUT2D eigenvalue weighted by atomic mass is 79.9. The molecule has 1 unspecified atom stereocenters. The summed E-state index contributed by atoms with van der Waals surface area (Å²) in [7, 11) is 0. The van der Waals surface area contributed by atoms with Gasteiger partial charge in [-0.25, -0.2) is 4.39 Å². The molecule has 0 amide bonds. The van der Waals surface area contributed by atoms with Gasteiger partial charge >= 0.3 is 0 Å². The summed E-state index contributed by atoms with van der Waals surface area (Å²) in [4.78, 5) is 0. The molecule has 0 aromatic heterocycles. The van der Waals surface area contributed by atoms with Crippen molar-refractivity contribution in [2.75, 3.05) is 6.61 Å². The van der Waals surface area contributed by atoms with Crippen molar-refractivity contribution in [3.05, 3.63) is 64.4 Å². The highest BCUT2D eigenvalue weighted by Gasteiger charge is 2.07. The van der Waals surface area contributed by atoms with E-state index in [-0.39, 0.29) is 11.9 Å². The van der Waals surface area contributed by atoms with Gasteiger partial charge in [0.25, 0.3) is 0 Å². The van der Waals surface area contributed by atoms with E-state index in [1.165, 1.54) is 12.1 Å². The van der Waals surface area contributed by atoms with Crippen molar-refractivity contribution in [1.82, 2.24) is 0 Å². The van der Waals surface area contributed by atoms with E-state index in [1.807, 2.05) is 24.3 Å². The molecular formula is C14H13BrFNO. The smallest absolute Gasteiger partial charge is 0.123 e. The molecule has 2 aromatic rings. The number of hydrogen-bond donors (Lipinski definition) is 1. The van der Waals surface area contributed by atoms with Crippen LogP contribution in [0.15, 0.2) is 53.0 Å². The Morgan fingerprint density at radius 1 is 1.06 bits per heavy atom. The lowest BCUT2D eigenvalue weighted by atomic mass is 10.1. The minimum atomic E-state index is -0.269. The average molecular weight is 310 g/mol. The van der Waals surface area contributed by atoms with Crippen molar-refractivity contribution >= 4 is 15.9 Å². The summed E-state index contributed by atoms with van der Waals surface area (Å²) in [5, 5.41) is 0. The van der Waals surface area contributed by atoms with Crippen molar-refractivity contribution in [1.29, 1.82) is 0 Å². The maximum atomic E-state index is 12.8. The first-order valence-electron chi connectivity index (χ1n) is 5.54. The number of benzene rings is 2. The zero-order chi connectivity index (χ0) is 13.0. The van der Waals surface area contributed by atoms with E-state index in [1.54, 1.807) is 12.1 Å². The van der Waals surface area contributed by atoms with E-state index < -0.39 is 0 Å². The number of halogens is 2. The van der Waals surface area contributed by atoms with Crippen molar-refractivity contribution in [3.63, 3.8) is 0 Å². The third-order valence-electron chi connectivity index (χ3n) is 2.54. The predicted molar refractivity (Wildman–Crippen MR) is 73.0 cm³/mol. The molecule has 0 spiro atoms. The van der Waals surface area contributed by atoms with Crippen LogP contribution in [-0.2, 0) is 0 Å². The fourth-order valence-corrected chi connectivity index (χ4v) is 1.79. The van der Waals surface area contributed by atoms with Crippen molar-refractivity contribution in [2.45, 2.75) is 6.04 Å². The monoisotopic (exact) mass is 309 g/mol. The summed E-state index contributed by atoms with van der Waals surface area (Å²) in [6.07, 6.45) is 0. The molecule has 0 bridgehead atoms. The molecule has 0 aliphatic rings. The Morgan fingerprint density at radius 2 is 1.67 bits per heavy atom. The topological polar surface area (TPSA) is 35.2 Å². The van der Waals surface area contributed by atoms with E-state index in [4.69, 9.17) is 10.5 Å². The molecule has 0 radical (unpaired) electrons. The van der Waals surface area contributed by atoms with Crippen molar-refractivity contribution < 1.29 is 9.13 Å². The first kappa shape index (κ1) is 13.1. The van der Waals surface area contributed by atoms with Crippen LogP contribution in [-0.4, -0.2) is 6.61 Å². The fraction of sp³-hybridized carbons (Fsp3) is 0.143. The minimum Gasteiger partial charge on any atom is -0.492 e. The second-order valence-corrected chi connectivity index (χ2v) is 4.84. The van der Waals surface area contributed by atoms with Gasteiger partial charge in [0.15, 0.2) is 0 Å². The normalized spacial score (nSPS) is 12.2. The van der Waals surface area contributed by atoms with Gasteiger partial charge < -0.3 is 10.5 Å². The number of nitrogens with two attached hydrogens (primary N) is 1. The Hall–Kier alpha value is -1.39. The molecule has 0 heterocycles. The highest BCUT2D eigenvalue weighted by molar-refractivity contribution is 9.10. The molecule has 0 aliphatic heterocycles. The first-order valence-corrected chi connectivity index (χ1v) is 6.34. The third-order valence-corrected chi connectivity index (χ3v) is 3.07. The van der Waals surface area contributed by atoms with E-state index >= 15 is 0 Å². The molecule has 2 rings (SSSR count). The molecule has 2 aromatic carbocycles. The first-order chi connectivity index (χ1) is 8.65. The van der Waals surface area contributed by atoms with Crippen molar-refractivity contribution in [3.8, 4) is 5.75 Å². The minimum absolute atomic E-state index is 0.264. The van der Waals surface area contributed by atoms with E-state index in [9.17, 15) is 4.39 Å². The predicted octanol–water partition coefficient (Wildman–Crippen LogP) is 3.67. The maximum Gasteiger partial charge on any atom is 0.123 e. The zero-order valence-corrected chi connectivity index (χ0v) is 11.2. The Bertz CT molecular complexity index is 498. The summed E-state index contributed by atoms with van der Waals surface area (Å²) in [5.41, 5.74) is 6.82. The van der Waals surface area contributed by atoms with Crippen LogP contribution in [0.5, 0.6) is 5.75 Å². The van der Waals surface area contributed by atoms with Crippen LogP contribution in [0.4, 0.5) is 4.39 Å². The Morgan fingerprint density at radius 3 is 2.28 bits per heavy atom. The Balaban J connectivity index is 1.93. The third kappa shape index (κ3) is 3.55. The van der Waals surface area contributed by atoms with Gasteiger partial charge in [-0.3, -0.25) is 0 Å². The van der Waals surface area contributed by atoms with Gasteiger partial charge in [0.2, 0.25) is 0 Å². The molecule has 2 N–H and O–H groups in total. The van der Waals surface area contributed by atoms with E-state index in [2.05, 4.69) is 15.9 Å². The van der Waals surface area contributed by atoms with Crippen molar-refractivity contribution in [2.24, 2.45) is 5.73 Å². The second kappa shape index (κ2) is 5.98. The molecule has 0 fully saturated rings. The highest BCUT2D eigenvalue weighted by Crippen LogP contribution is 2.18. The standard InChI is InChI=1S/C14H13BrFNO/c15-11-3-7-13(8-4-11)18-9-14(17)10-1-5-12(16)6-2-10/h1-8,14H,9,17H2. The van der Waals surface area contributed by atoms with Gasteiger partial charge in [0.1, 0.15) is 18.2 Å². The summed E-state index contributed by atoms with van der Waals surface area (Å²) >= 11 is 3.35. The molecule has 1 atom stereocenters. The number of rotatable bonds is 4. The molecule has 2 nitrogen and oxygen atoms in total. The molecule has 0 aliphatic carbocycles. The molecular weight excluding hydrogens is 297 g/mol. The van der Waals surface area contributed by atoms with Crippen LogP contribution in [0.2, 0.25) is 0 Å². The van der Waals surface area contributed by atoms with Crippen LogP contribution in [0.25, 0.3) is 0 Å². The van der Waals surface area contributed by atoms with Gasteiger partial charge in [0, 0.05) is 4.47 Å². The number of ether oxygens (including phenoxy) is 1. The Labute approximate surface area is 114 Å². The SMILES string of the molecule is NC(COc1ccc(Br)cc1)c1ccc(F)cc1. The molecule has 0 saturated carbocycles. The van der Waals surface area contributed by atoms with Gasteiger partial charge in [-0.05, 0) is 42.0 Å². The van der Waals surface area contributed by atoms with Crippen LogP contribution in [0.3, 0.4) is 0 Å². The van der Waals surface area contributed by atoms with Crippen LogP contribution in [0, 0.1) is 5.82 Å². The van der Waals surface area contributed by atoms with E-state index in [0.29, 0.717) is 6.61 Å². The Kier molecular flexibility index (Phi) is 4.33. The molecule has 4 heteroatoms. The molecule has 94 valence electrons. The number of hydrogen-bond acceptors (Lipinski definition) is 2. The summed E-state index contributed by atoms with van der Waals surface area (Å²) in [6, 6.07) is 13.4. The lowest BCUT2D eigenvalue weighted by Gasteiger charge is -2.13. The molecule has 0 saturated heterocycles. The van der Waals surface area contributed by atoms with Gasteiger partial charge in [-0.2, -0.15) is 0 Å². The lowest BCUT2D eigenvalue weighted by molar-refractivity contribution is 0.290. The molecule has 18 heavy (non-hydrogen) atoms. The summed E-state index contributed by atoms with van der Waals surface area (Å²) < 4.78 is 19.3. The van der Waals surface area contributed by atoms with Crippen LogP contribution >= 0.6 is 15.9 Å². The maximum absolute atomic E-state index is 12.8. The second-order valence-electron chi connectivity index (χ2n) is 3.92. The van der Waals surface area contributed by atoms with Gasteiger partial charge in [-0.15, -0.1) is 0 Å². The van der Waals surface area contributed by atoms with E-state index in [0.717, 1.165) is 15.8 Å². The summed E-state index contributed by atoms with van der Waals surface area (Å²) in [5.74, 6) is 0.496. The van der Waals surface area contributed by atoms with Crippen LogP contribution in [0.1, 0.15) is 11.6 Å².